The minimum absolute atomic E-state index is 0.0708. The summed E-state index contributed by atoms with van der Waals surface area (Å²) < 4.78 is 5.50. The van der Waals surface area contributed by atoms with Gasteiger partial charge in [0.2, 0.25) is 11.8 Å². The summed E-state index contributed by atoms with van der Waals surface area (Å²) in [6.45, 7) is 2.03. The lowest BCUT2D eigenvalue weighted by Crippen LogP contribution is -2.31. The number of para-hydroxylation sites is 1. The largest absolute Gasteiger partial charge is 0.465 e. The summed E-state index contributed by atoms with van der Waals surface area (Å²) in [5.74, 6) is -0.849. The molecule has 0 radical (unpaired) electrons. The Morgan fingerprint density at radius 1 is 1.43 bits per heavy atom. The van der Waals surface area contributed by atoms with Gasteiger partial charge in [0.25, 0.3) is 0 Å². The number of carbonyl (C=O) groups is 3. The van der Waals surface area contributed by atoms with Gasteiger partial charge in [0.15, 0.2) is 0 Å². The van der Waals surface area contributed by atoms with E-state index in [1.54, 1.807) is 25.1 Å². The summed E-state index contributed by atoms with van der Waals surface area (Å²) in [6, 6.07) is 7.05. The zero-order chi connectivity index (χ0) is 15.4. The summed E-state index contributed by atoms with van der Waals surface area (Å²) in [7, 11) is 0. The van der Waals surface area contributed by atoms with E-state index >= 15 is 0 Å². The van der Waals surface area contributed by atoms with E-state index in [2.05, 4.69) is 15.9 Å². The maximum absolute atomic E-state index is 12.4. The van der Waals surface area contributed by atoms with Crippen LogP contribution in [0.15, 0.2) is 28.7 Å². The molecule has 0 spiro atoms. The predicted molar refractivity (Wildman–Crippen MR) is 84.1 cm³/mol. The number of nitrogens with zero attached hydrogens (tertiary/aromatic N) is 1. The van der Waals surface area contributed by atoms with Crippen LogP contribution in [-0.4, -0.2) is 35.4 Å². The Bertz CT molecular complexity index is 578. The number of ether oxygens (including phenoxy) is 1. The molecule has 1 aromatic carbocycles. The van der Waals surface area contributed by atoms with Crippen molar-refractivity contribution in [2.45, 2.75) is 18.6 Å². The monoisotopic (exact) mass is 371 g/mol. The van der Waals surface area contributed by atoms with Crippen LogP contribution in [0.2, 0.25) is 0 Å². The van der Waals surface area contributed by atoms with Crippen LogP contribution in [0.5, 0.6) is 0 Å². The number of halogens is 1. The first-order valence-electron chi connectivity index (χ1n) is 6.43. The number of hydrogen-bond acceptors (Lipinski definition) is 5. The predicted octanol–water partition coefficient (Wildman–Crippen LogP) is 2.38. The fourth-order valence-electron chi connectivity index (χ4n) is 1.99. The molecule has 1 unspecified atom stereocenters. The normalized spacial score (nSPS) is 18.2. The van der Waals surface area contributed by atoms with Gasteiger partial charge in [0, 0.05) is 10.9 Å². The van der Waals surface area contributed by atoms with E-state index in [1.807, 2.05) is 6.07 Å². The molecule has 21 heavy (non-hydrogen) atoms. The Kier molecular flexibility index (Phi) is 5.41. The second-order valence-corrected chi connectivity index (χ2v) is 6.37. The standard InChI is InChI=1S/C14H14BrNO4S/c1-2-20-13(18)8-21-11-7-12(17)16(14(11)19)10-6-4-3-5-9(10)15/h3-6,11H,2,7-8H2,1H3. The highest BCUT2D eigenvalue weighted by Crippen LogP contribution is 2.33. The summed E-state index contributed by atoms with van der Waals surface area (Å²) in [5, 5.41) is -0.533. The topological polar surface area (TPSA) is 63.7 Å². The molecule has 1 fully saturated rings. The number of imide groups is 1. The zero-order valence-corrected chi connectivity index (χ0v) is 13.8. The van der Waals surface area contributed by atoms with Gasteiger partial charge < -0.3 is 4.74 Å². The molecular formula is C14H14BrNO4S. The first kappa shape index (κ1) is 16.0. The van der Waals surface area contributed by atoms with Crippen LogP contribution >= 0.6 is 27.7 Å². The summed E-state index contributed by atoms with van der Waals surface area (Å²) in [4.78, 5) is 36.9. The van der Waals surface area contributed by atoms with Crippen molar-refractivity contribution < 1.29 is 19.1 Å². The highest BCUT2D eigenvalue weighted by Gasteiger charge is 2.40. The lowest BCUT2D eigenvalue weighted by atomic mass is 10.3. The number of anilines is 1. The maximum Gasteiger partial charge on any atom is 0.315 e. The molecule has 1 saturated heterocycles. The number of hydrogen-bond donors (Lipinski definition) is 0. The minimum Gasteiger partial charge on any atom is -0.465 e. The van der Waals surface area contributed by atoms with Crippen LogP contribution in [0.25, 0.3) is 0 Å². The van der Waals surface area contributed by atoms with Crippen molar-refractivity contribution in [1.29, 1.82) is 0 Å². The summed E-state index contributed by atoms with van der Waals surface area (Å²) >= 11 is 4.48. The van der Waals surface area contributed by atoms with Gasteiger partial charge in [-0.1, -0.05) is 12.1 Å². The number of esters is 1. The molecule has 0 N–H and O–H groups in total. The number of benzene rings is 1. The van der Waals surface area contributed by atoms with Gasteiger partial charge in [-0.15, -0.1) is 11.8 Å². The molecule has 0 saturated carbocycles. The van der Waals surface area contributed by atoms with E-state index in [4.69, 9.17) is 4.74 Å². The molecule has 1 aliphatic heterocycles. The SMILES string of the molecule is CCOC(=O)CSC1CC(=O)N(c2ccccc2Br)C1=O. The van der Waals surface area contributed by atoms with Crippen molar-refractivity contribution in [3.63, 3.8) is 0 Å². The highest BCUT2D eigenvalue weighted by atomic mass is 79.9. The molecule has 1 heterocycles. The molecule has 0 aromatic heterocycles. The van der Waals surface area contributed by atoms with Crippen LogP contribution in [0, 0.1) is 0 Å². The first-order chi connectivity index (χ1) is 10.0. The smallest absolute Gasteiger partial charge is 0.315 e. The first-order valence-corrected chi connectivity index (χ1v) is 8.27. The van der Waals surface area contributed by atoms with Crippen LogP contribution in [0.4, 0.5) is 5.69 Å². The molecule has 1 aromatic rings. The van der Waals surface area contributed by atoms with Crippen molar-refractivity contribution in [3.05, 3.63) is 28.7 Å². The van der Waals surface area contributed by atoms with Crippen LogP contribution in [0.1, 0.15) is 13.3 Å². The third-order valence-corrected chi connectivity index (χ3v) is 4.75. The van der Waals surface area contributed by atoms with Crippen molar-refractivity contribution in [3.8, 4) is 0 Å². The van der Waals surface area contributed by atoms with Gasteiger partial charge in [0.1, 0.15) is 0 Å². The van der Waals surface area contributed by atoms with Gasteiger partial charge in [-0.05, 0) is 35.0 Å². The maximum atomic E-state index is 12.4. The lowest BCUT2D eigenvalue weighted by Gasteiger charge is -2.16. The van der Waals surface area contributed by atoms with E-state index in [0.717, 1.165) is 11.8 Å². The van der Waals surface area contributed by atoms with Crippen LogP contribution in [-0.2, 0) is 19.1 Å². The molecular weight excluding hydrogens is 358 g/mol. The van der Waals surface area contributed by atoms with Gasteiger partial charge in [-0.3, -0.25) is 14.4 Å². The third-order valence-electron chi connectivity index (χ3n) is 2.91. The van der Waals surface area contributed by atoms with Crippen LogP contribution in [0.3, 0.4) is 0 Å². The van der Waals surface area contributed by atoms with Crippen molar-refractivity contribution in [2.24, 2.45) is 0 Å². The van der Waals surface area contributed by atoms with E-state index in [9.17, 15) is 14.4 Å². The second-order valence-electron chi connectivity index (χ2n) is 4.33. The third kappa shape index (κ3) is 3.65. The molecule has 2 rings (SSSR count). The number of rotatable bonds is 5. The Hall–Kier alpha value is -1.34. The molecule has 7 heteroatoms. The van der Waals surface area contributed by atoms with Crippen molar-refractivity contribution >= 4 is 51.2 Å². The van der Waals surface area contributed by atoms with Gasteiger partial charge in [0.05, 0.1) is 23.3 Å². The number of amides is 2. The van der Waals surface area contributed by atoms with E-state index in [1.165, 1.54) is 4.90 Å². The molecule has 112 valence electrons. The van der Waals surface area contributed by atoms with Crippen molar-refractivity contribution in [1.82, 2.24) is 0 Å². The van der Waals surface area contributed by atoms with E-state index < -0.39 is 5.25 Å². The Balaban J connectivity index is 2.07. The average molecular weight is 372 g/mol. The van der Waals surface area contributed by atoms with E-state index in [-0.39, 0.29) is 30.0 Å². The van der Waals surface area contributed by atoms with Gasteiger partial charge >= 0.3 is 5.97 Å². The molecule has 5 nitrogen and oxygen atoms in total. The Morgan fingerprint density at radius 3 is 2.81 bits per heavy atom. The van der Waals surface area contributed by atoms with E-state index in [0.29, 0.717) is 16.8 Å². The zero-order valence-electron chi connectivity index (χ0n) is 11.4. The Labute approximate surface area is 135 Å². The van der Waals surface area contributed by atoms with Crippen molar-refractivity contribution in [2.75, 3.05) is 17.3 Å². The van der Waals surface area contributed by atoms with Gasteiger partial charge in [-0.2, -0.15) is 0 Å². The van der Waals surface area contributed by atoms with Crippen LogP contribution < -0.4 is 4.90 Å². The van der Waals surface area contributed by atoms with Gasteiger partial charge in [-0.25, -0.2) is 4.90 Å². The number of carbonyl (C=O) groups excluding carboxylic acids is 3. The fraction of sp³-hybridized carbons (Fsp3) is 0.357. The highest BCUT2D eigenvalue weighted by molar-refractivity contribution is 9.10. The molecule has 0 aliphatic carbocycles. The Morgan fingerprint density at radius 2 is 2.14 bits per heavy atom. The quantitative estimate of drug-likeness (QED) is 0.587. The lowest BCUT2D eigenvalue weighted by molar-refractivity contribution is -0.139. The molecule has 2 amide bonds. The molecule has 0 bridgehead atoms. The molecule has 1 atom stereocenters. The minimum atomic E-state index is -0.533. The fourth-order valence-corrected chi connectivity index (χ4v) is 3.38. The molecule has 1 aliphatic rings. The summed E-state index contributed by atoms with van der Waals surface area (Å²) in [6.07, 6.45) is 0.101. The summed E-state index contributed by atoms with van der Waals surface area (Å²) in [5.41, 5.74) is 0.534. The average Bonchev–Trinajstić information content (AvgIpc) is 2.73. The number of thioether (sulfide) groups is 1. The second kappa shape index (κ2) is 7.09.